The summed E-state index contributed by atoms with van der Waals surface area (Å²) in [4.78, 5) is 0. The van der Waals surface area contributed by atoms with Gasteiger partial charge in [-0.15, -0.1) is 0 Å². The second kappa shape index (κ2) is 6.56. The van der Waals surface area contributed by atoms with Crippen LogP contribution in [0.3, 0.4) is 0 Å². The molecule has 3 heteroatoms. The number of benzene rings is 3. The van der Waals surface area contributed by atoms with Crippen molar-refractivity contribution in [3.8, 4) is 11.8 Å². The number of ether oxygens (including phenoxy) is 1. The highest BCUT2D eigenvalue weighted by atomic mass is 35.5. The molecule has 0 amide bonds. The fourth-order valence-electron chi connectivity index (χ4n) is 2.56. The lowest BCUT2D eigenvalue weighted by Gasteiger charge is -2.10. The summed E-state index contributed by atoms with van der Waals surface area (Å²) in [5.74, 6) is 0.741. The molecule has 3 aromatic carbocycles. The zero-order valence-electron chi connectivity index (χ0n) is 12.6. The summed E-state index contributed by atoms with van der Waals surface area (Å²) < 4.78 is 5.48. The number of nitrogens with zero attached hydrogens (tertiary/aromatic N) is 1. The number of allylic oxidation sites excluding steroid dienone is 1. The molecule has 23 heavy (non-hydrogen) atoms. The predicted molar refractivity (Wildman–Crippen MR) is 95.4 cm³/mol. The van der Waals surface area contributed by atoms with Gasteiger partial charge in [-0.05, 0) is 40.6 Å². The Morgan fingerprint density at radius 1 is 1.04 bits per heavy atom. The Morgan fingerprint density at radius 2 is 1.78 bits per heavy atom. The quantitative estimate of drug-likeness (QED) is 0.467. The lowest BCUT2D eigenvalue weighted by molar-refractivity contribution is 0.414. The molecule has 3 aromatic rings. The highest BCUT2D eigenvalue weighted by Gasteiger charge is 2.09. The molecule has 0 aliphatic heterocycles. The topological polar surface area (TPSA) is 33.0 Å². The highest BCUT2D eigenvalue weighted by Crippen LogP contribution is 2.31. The van der Waals surface area contributed by atoms with E-state index in [1.807, 2.05) is 54.6 Å². The Kier molecular flexibility index (Phi) is 4.32. The van der Waals surface area contributed by atoms with Crippen LogP contribution in [0.5, 0.6) is 5.75 Å². The van der Waals surface area contributed by atoms with Gasteiger partial charge in [0, 0.05) is 10.6 Å². The van der Waals surface area contributed by atoms with E-state index in [0.717, 1.165) is 27.6 Å². The minimum Gasteiger partial charge on any atom is -0.496 e. The van der Waals surface area contributed by atoms with Gasteiger partial charge in [-0.1, -0.05) is 54.1 Å². The van der Waals surface area contributed by atoms with E-state index < -0.39 is 0 Å². The Morgan fingerprint density at radius 3 is 2.48 bits per heavy atom. The Hall–Kier alpha value is -2.76. The molecule has 0 saturated carbocycles. The van der Waals surface area contributed by atoms with Crippen LogP contribution in [-0.4, -0.2) is 7.11 Å². The SMILES string of the molecule is COc1ccc2ccccc2c1/C=C(\C#N)c1ccc(Cl)cc1. The van der Waals surface area contributed by atoms with Gasteiger partial charge in [0.2, 0.25) is 0 Å². The summed E-state index contributed by atoms with van der Waals surface area (Å²) in [5, 5.41) is 12.4. The van der Waals surface area contributed by atoms with Crippen molar-refractivity contribution in [3.63, 3.8) is 0 Å². The van der Waals surface area contributed by atoms with Crippen LogP contribution < -0.4 is 4.74 Å². The van der Waals surface area contributed by atoms with E-state index in [1.54, 1.807) is 19.2 Å². The third-order valence-corrected chi connectivity index (χ3v) is 3.97. The fourth-order valence-corrected chi connectivity index (χ4v) is 2.68. The molecule has 3 rings (SSSR count). The first-order valence-corrected chi connectivity index (χ1v) is 7.54. The maximum Gasteiger partial charge on any atom is 0.126 e. The van der Waals surface area contributed by atoms with E-state index in [4.69, 9.17) is 16.3 Å². The number of methoxy groups -OCH3 is 1. The molecule has 0 aliphatic rings. The predicted octanol–water partition coefficient (Wildman–Crippen LogP) is 5.57. The summed E-state index contributed by atoms with van der Waals surface area (Å²) in [6.07, 6.45) is 1.87. The fraction of sp³-hybridized carbons (Fsp3) is 0.0500. The van der Waals surface area contributed by atoms with E-state index in [9.17, 15) is 5.26 Å². The van der Waals surface area contributed by atoms with Crippen LogP contribution in [0.2, 0.25) is 5.02 Å². The first kappa shape index (κ1) is 15.1. The van der Waals surface area contributed by atoms with E-state index in [-0.39, 0.29) is 0 Å². The molecule has 0 fully saturated rings. The molecule has 0 radical (unpaired) electrons. The van der Waals surface area contributed by atoms with E-state index in [2.05, 4.69) is 6.07 Å². The summed E-state index contributed by atoms with van der Waals surface area (Å²) in [7, 11) is 1.63. The molecular formula is C20H14ClNO. The number of fused-ring (bicyclic) bond motifs is 1. The number of rotatable bonds is 3. The zero-order valence-corrected chi connectivity index (χ0v) is 13.3. The lowest BCUT2D eigenvalue weighted by Crippen LogP contribution is -1.90. The summed E-state index contributed by atoms with van der Waals surface area (Å²) in [6.45, 7) is 0. The van der Waals surface area contributed by atoms with Gasteiger partial charge in [-0.25, -0.2) is 0 Å². The maximum atomic E-state index is 9.55. The lowest BCUT2D eigenvalue weighted by atomic mass is 9.99. The number of hydrogen-bond donors (Lipinski definition) is 0. The van der Waals surface area contributed by atoms with Gasteiger partial charge < -0.3 is 4.74 Å². The monoisotopic (exact) mass is 319 g/mol. The molecule has 0 heterocycles. The van der Waals surface area contributed by atoms with Gasteiger partial charge >= 0.3 is 0 Å². The number of nitriles is 1. The largest absolute Gasteiger partial charge is 0.496 e. The van der Waals surface area contributed by atoms with Crippen LogP contribution in [0.15, 0.2) is 60.7 Å². The zero-order chi connectivity index (χ0) is 16.2. The summed E-state index contributed by atoms with van der Waals surface area (Å²) >= 11 is 5.92. The first-order valence-electron chi connectivity index (χ1n) is 7.16. The molecule has 0 spiro atoms. The molecule has 0 N–H and O–H groups in total. The van der Waals surface area contributed by atoms with Gasteiger partial charge in [0.1, 0.15) is 5.75 Å². The van der Waals surface area contributed by atoms with Crippen molar-refractivity contribution in [1.29, 1.82) is 5.26 Å². The van der Waals surface area contributed by atoms with Crippen LogP contribution in [0.4, 0.5) is 0 Å². The minimum absolute atomic E-state index is 0.566. The molecule has 2 nitrogen and oxygen atoms in total. The van der Waals surface area contributed by atoms with Crippen LogP contribution >= 0.6 is 11.6 Å². The van der Waals surface area contributed by atoms with E-state index >= 15 is 0 Å². The standard InChI is InChI=1S/C20H14ClNO/c1-23-20-11-8-15-4-2-3-5-18(15)19(20)12-16(13-22)14-6-9-17(21)10-7-14/h2-12H,1H3/b16-12+. The second-order valence-electron chi connectivity index (χ2n) is 5.08. The van der Waals surface area contributed by atoms with Crippen molar-refractivity contribution in [2.24, 2.45) is 0 Å². The molecule has 0 saturated heterocycles. The molecule has 0 aliphatic carbocycles. The van der Waals surface area contributed by atoms with Crippen molar-refractivity contribution in [2.45, 2.75) is 0 Å². The third-order valence-electron chi connectivity index (χ3n) is 3.71. The molecule has 0 bridgehead atoms. The molecule has 0 atom stereocenters. The smallest absolute Gasteiger partial charge is 0.126 e. The second-order valence-corrected chi connectivity index (χ2v) is 5.52. The molecule has 0 unspecified atom stereocenters. The van der Waals surface area contributed by atoms with Gasteiger partial charge in [0.05, 0.1) is 18.8 Å². The minimum atomic E-state index is 0.566. The summed E-state index contributed by atoms with van der Waals surface area (Å²) in [6, 6.07) is 21.5. The van der Waals surface area contributed by atoms with Crippen LogP contribution in [0.25, 0.3) is 22.4 Å². The Labute approximate surface area is 140 Å². The Bertz CT molecular complexity index is 921. The van der Waals surface area contributed by atoms with Crippen LogP contribution in [0.1, 0.15) is 11.1 Å². The third kappa shape index (κ3) is 3.06. The number of hydrogen-bond acceptors (Lipinski definition) is 2. The number of halogens is 1. The van der Waals surface area contributed by atoms with Crippen LogP contribution in [0, 0.1) is 11.3 Å². The average Bonchev–Trinajstić information content (AvgIpc) is 2.60. The maximum absolute atomic E-state index is 9.55. The normalized spacial score (nSPS) is 11.3. The van der Waals surface area contributed by atoms with Crippen molar-refractivity contribution in [2.75, 3.05) is 7.11 Å². The van der Waals surface area contributed by atoms with E-state index in [1.165, 1.54) is 0 Å². The van der Waals surface area contributed by atoms with Crippen molar-refractivity contribution >= 4 is 34.0 Å². The van der Waals surface area contributed by atoms with E-state index in [0.29, 0.717) is 10.6 Å². The molecule has 112 valence electrons. The van der Waals surface area contributed by atoms with Gasteiger partial charge in [0.15, 0.2) is 0 Å². The van der Waals surface area contributed by atoms with Crippen molar-refractivity contribution in [1.82, 2.24) is 0 Å². The summed E-state index contributed by atoms with van der Waals surface area (Å²) in [5.41, 5.74) is 2.29. The van der Waals surface area contributed by atoms with Gasteiger partial charge in [0.25, 0.3) is 0 Å². The average molecular weight is 320 g/mol. The first-order chi connectivity index (χ1) is 11.2. The molecule has 0 aromatic heterocycles. The highest BCUT2D eigenvalue weighted by molar-refractivity contribution is 6.30. The Balaban J connectivity index is 2.22. The van der Waals surface area contributed by atoms with Gasteiger partial charge in [-0.2, -0.15) is 5.26 Å². The van der Waals surface area contributed by atoms with Crippen molar-refractivity contribution < 1.29 is 4.74 Å². The van der Waals surface area contributed by atoms with Gasteiger partial charge in [-0.3, -0.25) is 0 Å². The van der Waals surface area contributed by atoms with Crippen molar-refractivity contribution in [3.05, 3.63) is 76.8 Å². The van der Waals surface area contributed by atoms with Crippen LogP contribution in [-0.2, 0) is 0 Å². The molecular weight excluding hydrogens is 306 g/mol.